The zero-order valence-electron chi connectivity index (χ0n) is 13.1. The van der Waals surface area contributed by atoms with E-state index in [-0.39, 0.29) is 5.91 Å². The number of aromatic nitrogens is 1. The lowest BCUT2D eigenvalue weighted by molar-refractivity contribution is 0.0941. The molecule has 7 heteroatoms. The molecule has 0 radical (unpaired) electrons. The zero-order valence-corrected chi connectivity index (χ0v) is 13.9. The van der Waals surface area contributed by atoms with Crippen molar-refractivity contribution in [1.29, 1.82) is 0 Å². The molecule has 1 aromatic rings. The number of hydrogen-bond acceptors (Lipinski definition) is 6. The third-order valence-corrected chi connectivity index (χ3v) is 5.11. The molecule has 0 aliphatic carbocycles. The third kappa shape index (κ3) is 4.07. The van der Waals surface area contributed by atoms with Crippen LogP contribution in [0.25, 0.3) is 0 Å². The van der Waals surface area contributed by atoms with Crippen LogP contribution in [0.3, 0.4) is 0 Å². The van der Waals surface area contributed by atoms with Crippen molar-refractivity contribution in [2.75, 3.05) is 50.9 Å². The number of carbonyl (C=O) groups excluding carboxylic acids is 1. The predicted molar refractivity (Wildman–Crippen MR) is 88.0 cm³/mol. The molecule has 1 amide bonds. The Balaban J connectivity index is 1.92. The Morgan fingerprint density at radius 1 is 1.62 bits per heavy atom. The number of hydrogen-bond donors (Lipinski definition) is 2. The van der Waals surface area contributed by atoms with Gasteiger partial charge in [-0.1, -0.05) is 11.3 Å². The molecule has 0 aromatic carbocycles. The largest absolute Gasteiger partial charge is 0.382 e. The van der Waals surface area contributed by atoms with E-state index in [0.29, 0.717) is 23.2 Å². The maximum absolute atomic E-state index is 12.3. The highest BCUT2D eigenvalue weighted by atomic mass is 32.1. The van der Waals surface area contributed by atoms with Gasteiger partial charge in [0.05, 0.1) is 0 Å². The molecule has 1 atom stereocenters. The molecular weight excluding hydrogens is 286 g/mol. The summed E-state index contributed by atoms with van der Waals surface area (Å²) < 4.78 is 0. The predicted octanol–water partition coefficient (Wildman–Crippen LogP) is 1.25. The average Bonchev–Trinajstić information content (AvgIpc) is 2.86. The number of likely N-dealkylation sites (tertiary alicyclic amines) is 1. The Labute approximate surface area is 130 Å². The molecule has 1 unspecified atom stereocenters. The van der Waals surface area contributed by atoms with E-state index < -0.39 is 0 Å². The Morgan fingerprint density at radius 2 is 2.38 bits per heavy atom. The Bertz CT molecular complexity index is 490. The van der Waals surface area contributed by atoms with Crippen molar-refractivity contribution in [3.05, 3.63) is 4.88 Å². The smallest absolute Gasteiger partial charge is 0.265 e. The fourth-order valence-electron chi connectivity index (χ4n) is 2.54. The van der Waals surface area contributed by atoms with E-state index in [4.69, 9.17) is 5.73 Å². The second kappa shape index (κ2) is 7.09. The molecule has 1 fully saturated rings. The van der Waals surface area contributed by atoms with Gasteiger partial charge in [0, 0.05) is 26.7 Å². The van der Waals surface area contributed by atoms with Gasteiger partial charge in [0.1, 0.15) is 10.7 Å². The number of amides is 1. The first-order valence-corrected chi connectivity index (χ1v) is 8.27. The SMILES string of the molecule is CCN(C)c1nc(N)c(C(=O)NCC2CCCN(C)C2)s1. The molecule has 1 saturated heterocycles. The van der Waals surface area contributed by atoms with E-state index in [1.165, 1.54) is 24.2 Å². The van der Waals surface area contributed by atoms with Crippen LogP contribution < -0.4 is 16.0 Å². The van der Waals surface area contributed by atoms with Crippen molar-refractivity contribution in [3.8, 4) is 0 Å². The maximum atomic E-state index is 12.3. The number of rotatable bonds is 5. The summed E-state index contributed by atoms with van der Waals surface area (Å²) in [5.74, 6) is 0.752. The number of nitrogens with one attached hydrogen (secondary N) is 1. The number of nitrogens with two attached hydrogens (primary N) is 1. The Morgan fingerprint density at radius 3 is 3.05 bits per heavy atom. The molecule has 0 saturated carbocycles. The lowest BCUT2D eigenvalue weighted by atomic mass is 9.98. The van der Waals surface area contributed by atoms with E-state index in [1.807, 2.05) is 18.9 Å². The van der Waals surface area contributed by atoms with E-state index in [2.05, 4.69) is 22.2 Å². The van der Waals surface area contributed by atoms with Gasteiger partial charge in [0.15, 0.2) is 5.13 Å². The van der Waals surface area contributed by atoms with Gasteiger partial charge in [-0.05, 0) is 39.3 Å². The van der Waals surface area contributed by atoms with Crippen LogP contribution in [-0.4, -0.2) is 56.1 Å². The quantitative estimate of drug-likeness (QED) is 0.856. The van der Waals surface area contributed by atoms with Crippen molar-refractivity contribution in [3.63, 3.8) is 0 Å². The van der Waals surface area contributed by atoms with Crippen molar-refractivity contribution >= 4 is 28.2 Å². The lowest BCUT2D eigenvalue weighted by Crippen LogP contribution is -2.39. The number of thiazole rings is 1. The number of carbonyl (C=O) groups is 1. The summed E-state index contributed by atoms with van der Waals surface area (Å²) in [6, 6.07) is 0. The first-order valence-electron chi connectivity index (χ1n) is 7.45. The van der Waals surface area contributed by atoms with Gasteiger partial charge >= 0.3 is 0 Å². The molecule has 6 nitrogen and oxygen atoms in total. The van der Waals surface area contributed by atoms with Gasteiger partial charge in [-0.25, -0.2) is 4.98 Å². The first kappa shape index (κ1) is 16.0. The van der Waals surface area contributed by atoms with Crippen LogP contribution in [0.4, 0.5) is 10.9 Å². The molecule has 1 aliphatic heterocycles. The zero-order chi connectivity index (χ0) is 15.4. The van der Waals surface area contributed by atoms with Crippen molar-refractivity contribution in [1.82, 2.24) is 15.2 Å². The van der Waals surface area contributed by atoms with Gasteiger partial charge in [0.2, 0.25) is 0 Å². The van der Waals surface area contributed by atoms with E-state index >= 15 is 0 Å². The number of piperidine rings is 1. The van der Waals surface area contributed by atoms with Crippen LogP contribution in [0.15, 0.2) is 0 Å². The van der Waals surface area contributed by atoms with Crippen molar-refractivity contribution in [2.24, 2.45) is 5.92 Å². The molecule has 2 rings (SSSR count). The minimum atomic E-state index is -0.103. The minimum absolute atomic E-state index is 0.103. The summed E-state index contributed by atoms with van der Waals surface area (Å²) in [6.45, 7) is 5.78. The normalized spacial score (nSPS) is 19.5. The van der Waals surface area contributed by atoms with Crippen LogP contribution in [-0.2, 0) is 0 Å². The highest BCUT2D eigenvalue weighted by Gasteiger charge is 2.21. The van der Waals surface area contributed by atoms with E-state index in [9.17, 15) is 4.79 Å². The van der Waals surface area contributed by atoms with Crippen LogP contribution in [0, 0.1) is 5.92 Å². The highest BCUT2D eigenvalue weighted by molar-refractivity contribution is 7.18. The molecule has 21 heavy (non-hydrogen) atoms. The number of nitrogen functional groups attached to an aromatic ring is 1. The average molecular weight is 311 g/mol. The lowest BCUT2D eigenvalue weighted by Gasteiger charge is -2.29. The standard InChI is InChI=1S/C14H25N5OS/c1-4-19(3)14-17-12(15)11(21-14)13(20)16-8-10-6-5-7-18(2)9-10/h10H,4-9,15H2,1-3H3,(H,16,20). The summed E-state index contributed by atoms with van der Waals surface area (Å²) in [4.78, 5) is 21.3. The molecule has 3 N–H and O–H groups in total. The minimum Gasteiger partial charge on any atom is -0.382 e. The molecule has 0 bridgehead atoms. The number of anilines is 2. The highest BCUT2D eigenvalue weighted by Crippen LogP contribution is 2.27. The Kier molecular flexibility index (Phi) is 5.41. The van der Waals surface area contributed by atoms with E-state index in [0.717, 1.165) is 24.8 Å². The van der Waals surface area contributed by atoms with Gasteiger partial charge < -0.3 is 20.9 Å². The Hall–Kier alpha value is -1.34. The van der Waals surface area contributed by atoms with Gasteiger partial charge in [-0.3, -0.25) is 4.79 Å². The van der Waals surface area contributed by atoms with Crippen LogP contribution in [0.1, 0.15) is 29.4 Å². The molecule has 1 aromatic heterocycles. The summed E-state index contributed by atoms with van der Waals surface area (Å²) in [5.41, 5.74) is 5.87. The van der Waals surface area contributed by atoms with Crippen molar-refractivity contribution < 1.29 is 4.79 Å². The molecule has 2 heterocycles. The van der Waals surface area contributed by atoms with Crippen LogP contribution in [0.5, 0.6) is 0 Å². The summed E-state index contributed by atoms with van der Waals surface area (Å²) in [5, 5.41) is 3.80. The van der Waals surface area contributed by atoms with Crippen LogP contribution >= 0.6 is 11.3 Å². The monoisotopic (exact) mass is 311 g/mol. The number of nitrogens with zero attached hydrogens (tertiary/aromatic N) is 3. The molecule has 118 valence electrons. The van der Waals surface area contributed by atoms with Crippen LogP contribution in [0.2, 0.25) is 0 Å². The van der Waals surface area contributed by atoms with Gasteiger partial charge in [-0.2, -0.15) is 0 Å². The summed E-state index contributed by atoms with van der Waals surface area (Å²) in [6.07, 6.45) is 2.37. The van der Waals surface area contributed by atoms with Gasteiger partial charge in [0.25, 0.3) is 5.91 Å². The summed E-state index contributed by atoms with van der Waals surface area (Å²) >= 11 is 1.35. The first-order chi connectivity index (χ1) is 10.0. The second-order valence-electron chi connectivity index (χ2n) is 5.71. The topological polar surface area (TPSA) is 74.5 Å². The molecule has 0 spiro atoms. The fourth-order valence-corrected chi connectivity index (χ4v) is 3.47. The third-order valence-electron chi connectivity index (χ3n) is 3.92. The fraction of sp³-hybridized carbons (Fsp3) is 0.714. The summed E-state index contributed by atoms with van der Waals surface area (Å²) in [7, 11) is 4.07. The van der Waals surface area contributed by atoms with Gasteiger partial charge in [-0.15, -0.1) is 0 Å². The maximum Gasteiger partial charge on any atom is 0.265 e. The molecular formula is C14H25N5OS. The van der Waals surface area contributed by atoms with E-state index in [1.54, 1.807) is 0 Å². The van der Waals surface area contributed by atoms with Crippen molar-refractivity contribution in [2.45, 2.75) is 19.8 Å². The second-order valence-corrected chi connectivity index (χ2v) is 6.68. The molecule has 1 aliphatic rings.